The van der Waals surface area contributed by atoms with Crippen molar-refractivity contribution in [3.63, 3.8) is 0 Å². The summed E-state index contributed by atoms with van der Waals surface area (Å²) in [6.45, 7) is 2.42. The average molecular weight is 572 g/mol. The minimum absolute atomic E-state index is 0.0479. The first kappa shape index (κ1) is 26.7. The van der Waals surface area contributed by atoms with Crippen LogP contribution in [-0.2, 0) is 27.8 Å². The minimum atomic E-state index is -3.29. The van der Waals surface area contributed by atoms with Gasteiger partial charge in [0, 0.05) is 35.6 Å². The van der Waals surface area contributed by atoms with Crippen LogP contribution in [0, 0.1) is 0 Å². The van der Waals surface area contributed by atoms with Crippen LogP contribution in [0.15, 0.2) is 72.9 Å². The zero-order valence-electron chi connectivity index (χ0n) is 22.4. The molecule has 1 aliphatic heterocycles. The van der Waals surface area contributed by atoms with Crippen molar-refractivity contribution < 1.29 is 23.1 Å². The number of ether oxygens (including phenoxy) is 1. The molecule has 210 valence electrons. The van der Waals surface area contributed by atoms with E-state index in [2.05, 4.69) is 4.98 Å². The predicted octanol–water partition coefficient (Wildman–Crippen LogP) is 4.25. The summed E-state index contributed by atoms with van der Waals surface area (Å²) in [5.41, 5.74) is 10.2. The van der Waals surface area contributed by atoms with Crippen LogP contribution in [0.4, 0.5) is 5.82 Å². The fraction of sp³-hybridized carbons (Fsp3) is 0.233. The van der Waals surface area contributed by atoms with Gasteiger partial charge in [-0.25, -0.2) is 13.4 Å². The van der Waals surface area contributed by atoms with Crippen LogP contribution in [0.5, 0.6) is 5.75 Å². The van der Waals surface area contributed by atoms with E-state index in [9.17, 15) is 18.3 Å². The van der Waals surface area contributed by atoms with Gasteiger partial charge in [0.05, 0.1) is 29.4 Å². The second-order valence-corrected chi connectivity index (χ2v) is 12.4. The molecule has 3 heterocycles. The molecule has 0 unspecified atom stereocenters. The van der Waals surface area contributed by atoms with E-state index in [4.69, 9.17) is 15.6 Å². The molecular formula is C30H29N5O5S. The Kier molecular flexibility index (Phi) is 6.84. The number of carboxylic acid groups (broad SMARTS) is 1. The third kappa shape index (κ3) is 5.09. The fourth-order valence-corrected chi connectivity index (χ4v) is 6.39. The molecule has 0 spiro atoms. The summed E-state index contributed by atoms with van der Waals surface area (Å²) in [7, 11) is -3.29. The van der Waals surface area contributed by atoms with E-state index in [1.807, 2.05) is 47.1 Å². The number of pyridine rings is 1. The largest absolute Gasteiger partial charge is 0.487 e. The molecule has 0 bridgehead atoms. The molecule has 0 atom stereocenters. The molecule has 1 saturated heterocycles. The number of para-hydroxylation sites is 1. The maximum atomic E-state index is 12.4. The highest BCUT2D eigenvalue weighted by Gasteiger charge is 2.37. The van der Waals surface area contributed by atoms with Crippen LogP contribution >= 0.6 is 0 Å². The molecule has 0 aliphatic carbocycles. The number of hydrogen-bond donors (Lipinski definition) is 2. The van der Waals surface area contributed by atoms with Crippen LogP contribution in [0.1, 0.15) is 24.2 Å². The standard InChI is InChI=1S/C30H29N5O5S/c1-2-41(38,39)34-16-23(17-34)35-27(18-40-28-6-4-3-5-22(28)15-29(36)37)25-14-21(9-10-26(25)33-35)20-8-7-19-11-12-32-30(31)24(19)13-20/h3-14,23H,2,15-18H2,1H3,(H2,31,32)(H,36,37). The van der Waals surface area contributed by atoms with Gasteiger partial charge in [-0.2, -0.15) is 9.40 Å². The molecule has 0 amide bonds. The molecule has 2 aromatic heterocycles. The lowest BCUT2D eigenvalue weighted by Crippen LogP contribution is -2.51. The average Bonchev–Trinajstić information content (AvgIpc) is 3.28. The molecule has 6 rings (SSSR count). The number of benzene rings is 3. The molecular weight excluding hydrogens is 542 g/mol. The highest BCUT2D eigenvalue weighted by molar-refractivity contribution is 7.89. The van der Waals surface area contributed by atoms with Crippen LogP contribution in [0.3, 0.4) is 0 Å². The summed E-state index contributed by atoms with van der Waals surface area (Å²) < 4.78 is 34.3. The maximum Gasteiger partial charge on any atom is 0.307 e. The Bertz CT molecular complexity index is 1900. The van der Waals surface area contributed by atoms with Crippen LogP contribution in [0.2, 0.25) is 0 Å². The first-order valence-corrected chi connectivity index (χ1v) is 14.9. The van der Waals surface area contributed by atoms with Crippen LogP contribution in [0.25, 0.3) is 32.8 Å². The van der Waals surface area contributed by atoms with E-state index in [-0.39, 0.29) is 24.8 Å². The summed E-state index contributed by atoms with van der Waals surface area (Å²) >= 11 is 0. The lowest BCUT2D eigenvalue weighted by atomic mass is 10.00. The molecule has 1 aliphatic rings. The molecule has 41 heavy (non-hydrogen) atoms. The molecule has 11 heteroatoms. The first-order valence-electron chi connectivity index (χ1n) is 13.3. The van der Waals surface area contributed by atoms with Gasteiger partial charge in [-0.05, 0) is 53.8 Å². The summed E-state index contributed by atoms with van der Waals surface area (Å²) in [5, 5.41) is 16.9. The van der Waals surface area contributed by atoms with Crippen molar-refractivity contribution in [3.8, 4) is 16.9 Å². The number of sulfonamides is 1. The van der Waals surface area contributed by atoms with Gasteiger partial charge in [0.1, 0.15) is 18.2 Å². The summed E-state index contributed by atoms with van der Waals surface area (Å²) in [5.74, 6) is 0.0445. The number of carboxylic acids is 1. The van der Waals surface area contributed by atoms with Gasteiger partial charge in [-0.1, -0.05) is 36.4 Å². The molecule has 10 nitrogen and oxygen atoms in total. The van der Waals surface area contributed by atoms with E-state index < -0.39 is 16.0 Å². The van der Waals surface area contributed by atoms with E-state index in [0.29, 0.717) is 30.2 Å². The molecule has 0 radical (unpaired) electrons. The smallest absolute Gasteiger partial charge is 0.307 e. The number of nitrogens with two attached hydrogens (primary N) is 1. The van der Waals surface area contributed by atoms with Gasteiger partial charge in [-0.15, -0.1) is 0 Å². The molecule has 3 N–H and O–H groups in total. The van der Waals surface area contributed by atoms with E-state index in [1.165, 1.54) is 4.31 Å². The predicted molar refractivity (Wildman–Crippen MR) is 157 cm³/mol. The van der Waals surface area contributed by atoms with Gasteiger partial charge in [0.2, 0.25) is 10.0 Å². The number of aromatic nitrogens is 3. The second-order valence-electron chi connectivity index (χ2n) is 10.1. The van der Waals surface area contributed by atoms with Crippen molar-refractivity contribution >= 4 is 43.5 Å². The number of rotatable bonds is 9. The monoisotopic (exact) mass is 571 g/mol. The molecule has 3 aromatic carbocycles. The quantitative estimate of drug-likeness (QED) is 0.268. The fourth-order valence-electron chi connectivity index (χ4n) is 5.23. The molecule has 1 fully saturated rings. The zero-order valence-corrected chi connectivity index (χ0v) is 23.2. The summed E-state index contributed by atoms with van der Waals surface area (Å²) in [4.78, 5) is 15.6. The molecule has 5 aromatic rings. The first-order chi connectivity index (χ1) is 19.7. The van der Waals surface area contributed by atoms with Gasteiger partial charge >= 0.3 is 5.97 Å². The third-order valence-electron chi connectivity index (χ3n) is 7.54. The Morgan fingerprint density at radius 2 is 1.78 bits per heavy atom. The third-order valence-corrected chi connectivity index (χ3v) is 9.36. The van der Waals surface area contributed by atoms with E-state index >= 15 is 0 Å². The van der Waals surface area contributed by atoms with Crippen molar-refractivity contribution in [2.45, 2.75) is 26.0 Å². The SMILES string of the molecule is CCS(=O)(=O)N1CC(n2nc3ccc(-c4ccc5ccnc(N)c5c4)cc3c2COc2ccccc2CC(=O)O)C1. The highest BCUT2D eigenvalue weighted by atomic mass is 32.2. The summed E-state index contributed by atoms with van der Waals surface area (Å²) in [6.07, 6.45) is 1.53. The number of fused-ring (bicyclic) bond motifs is 2. The lowest BCUT2D eigenvalue weighted by Gasteiger charge is -2.38. The lowest BCUT2D eigenvalue weighted by molar-refractivity contribution is -0.136. The highest BCUT2D eigenvalue weighted by Crippen LogP contribution is 2.34. The van der Waals surface area contributed by atoms with Gasteiger partial charge in [0.15, 0.2) is 0 Å². The van der Waals surface area contributed by atoms with Crippen molar-refractivity contribution in [2.75, 3.05) is 24.6 Å². The van der Waals surface area contributed by atoms with Crippen molar-refractivity contribution in [3.05, 3.63) is 84.2 Å². The number of nitrogen functional groups attached to an aromatic ring is 1. The summed E-state index contributed by atoms with van der Waals surface area (Å²) in [6, 6.07) is 20.9. The second kappa shape index (κ2) is 10.5. The number of carbonyl (C=O) groups is 1. The Balaban J connectivity index is 1.40. The van der Waals surface area contributed by atoms with E-state index in [0.717, 1.165) is 38.5 Å². The maximum absolute atomic E-state index is 12.4. The Morgan fingerprint density at radius 1 is 1.05 bits per heavy atom. The van der Waals surface area contributed by atoms with Gasteiger partial charge in [0.25, 0.3) is 0 Å². The number of nitrogens with zero attached hydrogens (tertiary/aromatic N) is 4. The van der Waals surface area contributed by atoms with Gasteiger partial charge < -0.3 is 15.6 Å². The van der Waals surface area contributed by atoms with Crippen LogP contribution < -0.4 is 10.5 Å². The van der Waals surface area contributed by atoms with Gasteiger partial charge in [-0.3, -0.25) is 9.48 Å². The normalized spacial score (nSPS) is 14.4. The van der Waals surface area contributed by atoms with Crippen molar-refractivity contribution in [1.29, 1.82) is 0 Å². The number of anilines is 1. The topological polar surface area (TPSA) is 141 Å². The van der Waals surface area contributed by atoms with E-state index in [1.54, 1.807) is 37.4 Å². The molecule has 0 saturated carbocycles. The minimum Gasteiger partial charge on any atom is -0.487 e. The zero-order chi connectivity index (χ0) is 28.7. The van der Waals surface area contributed by atoms with Crippen LogP contribution in [-0.4, -0.2) is 57.4 Å². The number of hydrogen-bond acceptors (Lipinski definition) is 7. The van der Waals surface area contributed by atoms with Crippen molar-refractivity contribution in [1.82, 2.24) is 19.1 Å². The Morgan fingerprint density at radius 3 is 2.54 bits per heavy atom. The number of aliphatic carboxylic acids is 1. The van der Waals surface area contributed by atoms with Crippen molar-refractivity contribution in [2.24, 2.45) is 0 Å². The Labute approximate surface area is 237 Å². The Hall–Kier alpha value is -4.48.